The quantitative estimate of drug-likeness (QED) is 0.576. The smallest absolute Gasteiger partial charge is 0.337 e. The monoisotopic (exact) mass is 461 g/mol. The molecular weight excluding hydrogens is 442 g/mol. The van der Waals surface area contributed by atoms with Gasteiger partial charge in [0.05, 0.1) is 29.8 Å². The van der Waals surface area contributed by atoms with E-state index in [0.29, 0.717) is 34.9 Å². The molecule has 1 N–H and O–H groups in total. The Labute approximate surface area is 184 Å². The van der Waals surface area contributed by atoms with Crippen LogP contribution in [-0.4, -0.2) is 37.6 Å². The molecule has 2 aromatic carbocycles. The van der Waals surface area contributed by atoms with E-state index < -0.39 is 15.8 Å². The lowest BCUT2D eigenvalue weighted by Gasteiger charge is -2.15. The van der Waals surface area contributed by atoms with E-state index >= 15 is 0 Å². The molecule has 31 heavy (non-hydrogen) atoms. The maximum Gasteiger partial charge on any atom is 0.337 e. The Morgan fingerprint density at radius 3 is 2.81 bits per heavy atom. The molecular formula is C21H20ClN3O5S. The molecule has 0 saturated carbocycles. The molecule has 1 aliphatic rings. The topological polar surface area (TPSA) is 99.5 Å². The number of aryl methyl sites for hydroxylation is 1. The normalized spacial score (nSPS) is 14.0. The first-order chi connectivity index (χ1) is 14.8. The number of hydrogen-bond donors (Lipinski definition) is 1. The molecule has 0 fully saturated rings. The molecule has 1 aromatic heterocycles. The van der Waals surface area contributed by atoms with Crippen molar-refractivity contribution in [3.8, 4) is 11.5 Å². The zero-order chi connectivity index (χ0) is 22.2. The van der Waals surface area contributed by atoms with Crippen molar-refractivity contribution in [1.29, 1.82) is 0 Å². The number of esters is 1. The van der Waals surface area contributed by atoms with Crippen LogP contribution >= 0.6 is 11.6 Å². The average Bonchev–Trinajstić information content (AvgIpc) is 3.19. The number of aromatic nitrogens is 2. The first-order valence-electron chi connectivity index (χ1n) is 9.44. The molecule has 0 atom stereocenters. The Balaban J connectivity index is 1.68. The van der Waals surface area contributed by atoms with Gasteiger partial charge in [0, 0.05) is 36.7 Å². The minimum absolute atomic E-state index is 0.0604. The van der Waals surface area contributed by atoms with Crippen LogP contribution in [0.4, 0.5) is 5.69 Å². The van der Waals surface area contributed by atoms with Crippen LogP contribution in [0.15, 0.2) is 47.9 Å². The minimum atomic E-state index is -3.80. The van der Waals surface area contributed by atoms with Gasteiger partial charge in [0.1, 0.15) is 16.4 Å². The Morgan fingerprint density at radius 1 is 1.29 bits per heavy atom. The average molecular weight is 462 g/mol. The number of nitrogens with one attached hydrogen (secondary N) is 1. The fraction of sp³-hybridized carbons (Fsp3) is 0.238. The second kappa shape index (κ2) is 8.24. The number of carbonyl (C=O) groups is 1. The van der Waals surface area contributed by atoms with Crippen LogP contribution in [0.5, 0.6) is 11.5 Å². The molecule has 0 amide bonds. The molecule has 4 rings (SSSR count). The first kappa shape index (κ1) is 21.2. The lowest BCUT2D eigenvalue weighted by atomic mass is 10.1. The van der Waals surface area contributed by atoms with Gasteiger partial charge in [-0.05, 0) is 36.8 Å². The van der Waals surface area contributed by atoms with Crippen molar-refractivity contribution in [3.05, 3.63) is 64.7 Å². The van der Waals surface area contributed by atoms with Crippen molar-refractivity contribution in [2.75, 3.05) is 19.0 Å². The number of rotatable bonds is 5. The summed E-state index contributed by atoms with van der Waals surface area (Å²) < 4.78 is 39.0. The third-order valence-corrected chi connectivity index (χ3v) is 6.87. The summed E-state index contributed by atoms with van der Waals surface area (Å²) in [5.41, 5.74) is 1.76. The zero-order valence-corrected chi connectivity index (χ0v) is 18.5. The Morgan fingerprint density at radius 2 is 2.10 bits per heavy atom. The second-order valence-electron chi connectivity index (χ2n) is 7.15. The summed E-state index contributed by atoms with van der Waals surface area (Å²) >= 11 is 6.47. The Bertz CT molecular complexity index is 1260. The summed E-state index contributed by atoms with van der Waals surface area (Å²) in [6.45, 7) is 2.96. The minimum Gasteiger partial charge on any atom is -0.465 e. The van der Waals surface area contributed by atoms with E-state index in [9.17, 15) is 13.2 Å². The molecule has 10 heteroatoms. The van der Waals surface area contributed by atoms with E-state index in [0.717, 1.165) is 0 Å². The summed E-state index contributed by atoms with van der Waals surface area (Å²) in [6, 6.07) is 6.23. The number of sulfone groups is 1. The summed E-state index contributed by atoms with van der Waals surface area (Å²) in [7, 11) is -2.56. The number of halogens is 1. The molecule has 1 aliphatic heterocycles. The molecule has 3 aromatic rings. The highest BCUT2D eigenvalue weighted by Crippen LogP contribution is 2.44. The molecule has 0 bridgehead atoms. The summed E-state index contributed by atoms with van der Waals surface area (Å²) in [5, 5.41) is 3.53. The highest BCUT2D eigenvalue weighted by Gasteiger charge is 2.31. The van der Waals surface area contributed by atoms with Gasteiger partial charge in [0.2, 0.25) is 0 Å². The third-order valence-electron chi connectivity index (χ3n) is 4.93. The Hall–Kier alpha value is -3.04. The van der Waals surface area contributed by atoms with Crippen LogP contribution in [0, 0.1) is 6.92 Å². The van der Waals surface area contributed by atoms with E-state index in [1.54, 1.807) is 31.6 Å². The van der Waals surface area contributed by atoms with Crippen LogP contribution in [0.1, 0.15) is 21.5 Å². The van der Waals surface area contributed by atoms with Gasteiger partial charge in [-0.3, -0.25) is 0 Å². The number of nitrogens with zero attached hydrogens (tertiary/aromatic N) is 2. The van der Waals surface area contributed by atoms with Gasteiger partial charge >= 0.3 is 5.97 Å². The van der Waals surface area contributed by atoms with Crippen LogP contribution < -0.4 is 10.1 Å². The zero-order valence-electron chi connectivity index (χ0n) is 16.9. The van der Waals surface area contributed by atoms with Gasteiger partial charge in [-0.25, -0.2) is 18.2 Å². The maximum atomic E-state index is 13.2. The van der Waals surface area contributed by atoms with E-state index in [1.807, 2.05) is 10.8 Å². The fourth-order valence-corrected chi connectivity index (χ4v) is 5.29. The number of benzene rings is 2. The number of fused-ring (bicyclic) bond motifs is 2. The van der Waals surface area contributed by atoms with Crippen molar-refractivity contribution < 1.29 is 22.7 Å². The van der Waals surface area contributed by atoms with Crippen LogP contribution in [-0.2, 0) is 26.9 Å². The van der Waals surface area contributed by atoms with Crippen molar-refractivity contribution in [2.24, 2.45) is 0 Å². The third kappa shape index (κ3) is 4.24. The van der Waals surface area contributed by atoms with Gasteiger partial charge < -0.3 is 19.4 Å². The fourth-order valence-electron chi connectivity index (χ4n) is 3.45. The predicted octanol–water partition coefficient (Wildman–Crippen LogP) is 3.82. The number of methoxy groups -OCH3 is 1. The molecule has 8 nitrogen and oxygen atoms in total. The van der Waals surface area contributed by atoms with Gasteiger partial charge in [-0.1, -0.05) is 11.6 Å². The molecule has 162 valence electrons. The number of anilines is 1. The molecule has 0 radical (unpaired) electrons. The van der Waals surface area contributed by atoms with Crippen LogP contribution in [0.2, 0.25) is 5.02 Å². The molecule has 0 saturated heterocycles. The van der Waals surface area contributed by atoms with Crippen LogP contribution in [0.3, 0.4) is 0 Å². The van der Waals surface area contributed by atoms with E-state index in [2.05, 4.69) is 10.3 Å². The van der Waals surface area contributed by atoms with E-state index in [1.165, 1.54) is 19.2 Å². The summed E-state index contributed by atoms with van der Waals surface area (Å²) in [5.74, 6) is -0.478. The summed E-state index contributed by atoms with van der Waals surface area (Å²) in [4.78, 5) is 15.9. The van der Waals surface area contributed by atoms with Crippen molar-refractivity contribution in [1.82, 2.24) is 9.55 Å². The lowest BCUT2D eigenvalue weighted by molar-refractivity contribution is 0.0600. The van der Waals surface area contributed by atoms with Gasteiger partial charge in [0.25, 0.3) is 0 Å². The maximum absolute atomic E-state index is 13.2. The number of ether oxygens (including phenoxy) is 2. The van der Waals surface area contributed by atoms with Gasteiger partial charge in [-0.15, -0.1) is 0 Å². The largest absolute Gasteiger partial charge is 0.465 e. The molecule has 0 aliphatic carbocycles. The summed E-state index contributed by atoms with van der Waals surface area (Å²) in [6.07, 6.45) is 5.27. The highest BCUT2D eigenvalue weighted by atomic mass is 35.5. The Kier molecular flexibility index (Phi) is 5.63. The lowest BCUT2D eigenvalue weighted by Crippen LogP contribution is -2.10. The second-order valence-corrected chi connectivity index (χ2v) is 9.51. The van der Waals surface area contributed by atoms with E-state index in [-0.39, 0.29) is 27.7 Å². The number of carbonyl (C=O) groups excluding carboxylic acids is 1. The SMILES string of the molecule is COC(=O)c1cc(C)c2c(c1)S(=O)(=O)Cc1cc(NCCn3ccnc3)cc(Cl)c1O2. The number of hydrogen-bond acceptors (Lipinski definition) is 7. The van der Waals surface area contributed by atoms with Gasteiger partial charge in [0.15, 0.2) is 9.84 Å². The number of imidazole rings is 1. The molecule has 2 heterocycles. The van der Waals surface area contributed by atoms with E-state index in [4.69, 9.17) is 21.1 Å². The van der Waals surface area contributed by atoms with Crippen molar-refractivity contribution >= 4 is 33.1 Å². The molecule has 0 spiro atoms. The molecule has 0 unspecified atom stereocenters. The van der Waals surface area contributed by atoms with Crippen molar-refractivity contribution in [2.45, 2.75) is 24.1 Å². The van der Waals surface area contributed by atoms with Gasteiger partial charge in [-0.2, -0.15) is 0 Å². The first-order valence-corrected chi connectivity index (χ1v) is 11.5. The highest BCUT2D eigenvalue weighted by molar-refractivity contribution is 7.90. The standard InChI is InChI=1S/C21H20ClN3O5S/c1-13-7-14(21(26)29-2)9-18-19(13)30-20-15(11-31(18,27)28)8-16(10-17(20)22)24-4-6-25-5-3-23-12-25/h3,5,7-10,12,24H,4,6,11H2,1-2H3. The van der Waals surface area contributed by atoms with Crippen molar-refractivity contribution in [3.63, 3.8) is 0 Å². The van der Waals surface area contributed by atoms with Crippen LogP contribution in [0.25, 0.3) is 0 Å². The predicted molar refractivity (Wildman–Crippen MR) is 116 cm³/mol.